The zero-order chi connectivity index (χ0) is 15.2. The lowest BCUT2D eigenvalue weighted by molar-refractivity contribution is -0.417. The number of phosphoric ester groups is 1. The quantitative estimate of drug-likeness (QED) is 0.198. The van der Waals surface area contributed by atoms with E-state index in [2.05, 4.69) is 20.2 Å². The van der Waals surface area contributed by atoms with Crippen LogP contribution in [0.25, 0.3) is 0 Å². The Hall–Kier alpha value is -0.390. The second-order valence-corrected chi connectivity index (χ2v) is 5.77. The Labute approximate surface area is 113 Å². The smallest absolute Gasteiger partial charge is 0.388 e. The van der Waals surface area contributed by atoms with Crippen molar-refractivity contribution in [3.8, 4) is 0 Å². The van der Waals surface area contributed by atoms with Gasteiger partial charge in [0.05, 0.1) is 13.2 Å². The molecule has 0 aromatic rings. The SMILES string of the molecule is C=CCOCC(O)C(O)C(O)C1(O)OP2(=O)OC1(O)O2. The van der Waals surface area contributed by atoms with E-state index in [1.54, 1.807) is 0 Å². The predicted octanol–water partition coefficient (Wildman–Crippen LogP) is -2.21. The Morgan fingerprint density at radius 1 is 1.25 bits per heavy atom. The van der Waals surface area contributed by atoms with Crippen molar-refractivity contribution in [2.24, 2.45) is 0 Å². The topological polar surface area (TPSA) is 155 Å². The number of ether oxygens (including phenoxy) is 1. The van der Waals surface area contributed by atoms with Gasteiger partial charge in [-0.2, -0.15) is 0 Å². The molecule has 0 radical (unpaired) electrons. The third-order valence-corrected chi connectivity index (χ3v) is 4.26. The number of aliphatic hydroxyl groups is 5. The molecule has 0 aliphatic carbocycles. The molecule has 116 valence electrons. The van der Waals surface area contributed by atoms with Crippen molar-refractivity contribution in [3.05, 3.63) is 12.7 Å². The van der Waals surface area contributed by atoms with Crippen LogP contribution in [0.1, 0.15) is 0 Å². The van der Waals surface area contributed by atoms with Gasteiger partial charge in [0.25, 0.3) is 5.79 Å². The molecule has 3 aliphatic rings. The Morgan fingerprint density at radius 2 is 1.85 bits per heavy atom. The summed E-state index contributed by atoms with van der Waals surface area (Å²) >= 11 is 0. The van der Waals surface area contributed by atoms with Crippen molar-refractivity contribution in [2.45, 2.75) is 30.1 Å². The summed E-state index contributed by atoms with van der Waals surface area (Å²) in [6.45, 7) is 3.07. The average Bonchev–Trinajstić information content (AvgIpc) is 2.67. The second kappa shape index (κ2) is 5.11. The molecule has 4 atom stereocenters. The Bertz CT molecular complexity index is 430. The van der Waals surface area contributed by atoms with Gasteiger partial charge >= 0.3 is 13.8 Å². The lowest BCUT2D eigenvalue weighted by Gasteiger charge is -2.37. The Morgan fingerprint density at radius 3 is 2.30 bits per heavy atom. The molecule has 3 aliphatic heterocycles. The molecule has 3 rings (SSSR count). The van der Waals surface area contributed by atoms with Gasteiger partial charge in [0, 0.05) is 0 Å². The normalized spacial score (nSPS) is 43.6. The number of fused-ring (bicyclic) bond motifs is 1. The molecule has 11 heteroatoms. The van der Waals surface area contributed by atoms with E-state index in [4.69, 9.17) is 4.74 Å². The fraction of sp³-hybridized carbons (Fsp3) is 0.778. The highest BCUT2D eigenvalue weighted by Crippen LogP contribution is 2.76. The molecule has 10 nitrogen and oxygen atoms in total. The maximum atomic E-state index is 11.3. The van der Waals surface area contributed by atoms with E-state index in [-0.39, 0.29) is 6.61 Å². The molecule has 3 saturated heterocycles. The van der Waals surface area contributed by atoms with Gasteiger partial charge in [-0.3, -0.25) is 0 Å². The van der Waals surface area contributed by atoms with E-state index in [1.807, 2.05) is 0 Å². The summed E-state index contributed by atoms with van der Waals surface area (Å²) in [5.41, 5.74) is 0. The number of phosphoric acid groups is 1. The van der Waals surface area contributed by atoms with Gasteiger partial charge in [-0.05, 0) is 0 Å². The van der Waals surface area contributed by atoms with Crippen LogP contribution in [0.5, 0.6) is 0 Å². The van der Waals surface area contributed by atoms with Crippen LogP contribution in [0.15, 0.2) is 12.7 Å². The number of rotatable bonds is 7. The second-order valence-electron chi connectivity index (χ2n) is 4.33. The zero-order valence-electron chi connectivity index (χ0n) is 10.2. The summed E-state index contributed by atoms with van der Waals surface area (Å²) in [6.07, 6.45) is -4.49. The molecule has 0 aromatic carbocycles. The molecule has 0 spiro atoms. The van der Waals surface area contributed by atoms with Crippen LogP contribution < -0.4 is 0 Å². The fourth-order valence-electron chi connectivity index (χ4n) is 1.76. The van der Waals surface area contributed by atoms with Crippen LogP contribution >= 0.6 is 7.82 Å². The van der Waals surface area contributed by atoms with Gasteiger partial charge < -0.3 is 30.3 Å². The van der Waals surface area contributed by atoms with E-state index in [0.717, 1.165) is 0 Å². The van der Waals surface area contributed by atoms with Crippen LogP contribution in [0.4, 0.5) is 0 Å². The third-order valence-electron chi connectivity index (χ3n) is 2.82. The first kappa shape index (κ1) is 16.0. The maximum absolute atomic E-state index is 11.3. The summed E-state index contributed by atoms with van der Waals surface area (Å²) in [6, 6.07) is 0. The first-order chi connectivity index (χ1) is 9.17. The molecular formula is C9H15O10P. The minimum absolute atomic E-state index is 0.0893. The lowest BCUT2D eigenvalue weighted by atomic mass is 9.98. The van der Waals surface area contributed by atoms with E-state index in [0.29, 0.717) is 0 Å². The molecule has 20 heavy (non-hydrogen) atoms. The first-order valence-electron chi connectivity index (χ1n) is 5.57. The van der Waals surface area contributed by atoms with Gasteiger partial charge in [0.15, 0.2) is 0 Å². The van der Waals surface area contributed by atoms with Crippen molar-refractivity contribution in [1.29, 1.82) is 0 Å². The summed E-state index contributed by atoms with van der Waals surface area (Å²) in [7, 11) is -4.13. The van der Waals surface area contributed by atoms with Crippen LogP contribution in [0.2, 0.25) is 0 Å². The molecule has 0 saturated carbocycles. The van der Waals surface area contributed by atoms with E-state index in [1.165, 1.54) is 6.08 Å². The Kier molecular flexibility index (Phi) is 4.08. The molecule has 5 N–H and O–H groups in total. The van der Waals surface area contributed by atoms with Crippen LogP contribution in [0, 0.1) is 0 Å². The zero-order valence-corrected chi connectivity index (χ0v) is 11.0. The third kappa shape index (κ3) is 2.34. The molecule has 0 amide bonds. The highest BCUT2D eigenvalue weighted by Gasteiger charge is 2.82. The summed E-state index contributed by atoms with van der Waals surface area (Å²) in [4.78, 5) is 0. The van der Waals surface area contributed by atoms with E-state index >= 15 is 0 Å². The van der Waals surface area contributed by atoms with Gasteiger partial charge in [0.2, 0.25) is 0 Å². The van der Waals surface area contributed by atoms with Crippen LogP contribution in [-0.4, -0.2) is 68.8 Å². The molecule has 3 fully saturated rings. The largest absolute Gasteiger partial charge is 0.486 e. The average molecular weight is 314 g/mol. The fourth-order valence-corrected chi connectivity index (χ4v) is 3.28. The van der Waals surface area contributed by atoms with E-state index in [9.17, 15) is 30.1 Å². The molecule has 2 bridgehead atoms. The standard InChI is InChI=1S/C9H15O10P/c1-2-3-16-4-5(10)6(11)7(12)8(13)9(14)18-20(15,17-8)19-9/h2,5-7,10-14H,1,3-4H2. The summed E-state index contributed by atoms with van der Waals surface area (Å²) in [5.74, 6) is -5.87. The minimum Gasteiger partial charge on any atom is -0.388 e. The van der Waals surface area contributed by atoms with Crippen molar-refractivity contribution in [1.82, 2.24) is 0 Å². The summed E-state index contributed by atoms with van der Waals surface area (Å²) in [5, 5.41) is 48.5. The number of hydrogen-bond acceptors (Lipinski definition) is 10. The predicted molar refractivity (Wildman–Crippen MR) is 59.8 cm³/mol. The summed E-state index contributed by atoms with van der Waals surface area (Å²) < 4.78 is 29.2. The molecule has 3 heterocycles. The van der Waals surface area contributed by atoms with Gasteiger partial charge in [0.1, 0.15) is 18.3 Å². The molecular weight excluding hydrogens is 299 g/mol. The van der Waals surface area contributed by atoms with Gasteiger partial charge in [-0.1, -0.05) is 6.08 Å². The lowest BCUT2D eigenvalue weighted by Crippen LogP contribution is -2.64. The van der Waals surface area contributed by atoms with Crippen molar-refractivity contribution < 1.29 is 48.4 Å². The van der Waals surface area contributed by atoms with Crippen molar-refractivity contribution in [2.75, 3.05) is 13.2 Å². The van der Waals surface area contributed by atoms with Crippen molar-refractivity contribution in [3.63, 3.8) is 0 Å². The number of aliphatic hydroxyl groups excluding tert-OH is 3. The first-order valence-corrected chi connectivity index (χ1v) is 7.03. The highest BCUT2D eigenvalue weighted by atomic mass is 31.2. The highest BCUT2D eigenvalue weighted by molar-refractivity contribution is 7.50. The minimum atomic E-state index is -4.13. The number of hydrogen-bond donors (Lipinski definition) is 5. The van der Waals surface area contributed by atoms with Gasteiger partial charge in [-0.15, -0.1) is 6.58 Å². The van der Waals surface area contributed by atoms with Crippen molar-refractivity contribution >= 4 is 7.82 Å². The van der Waals surface area contributed by atoms with Crippen LogP contribution in [-0.2, 0) is 22.9 Å². The molecule has 0 aromatic heterocycles. The van der Waals surface area contributed by atoms with Gasteiger partial charge in [-0.25, -0.2) is 18.1 Å². The molecule has 4 unspecified atom stereocenters. The maximum Gasteiger partial charge on any atom is 0.486 e. The van der Waals surface area contributed by atoms with E-state index < -0.39 is 44.5 Å². The monoisotopic (exact) mass is 314 g/mol. The Balaban J connectivity index is 2.02. The van der Waals surface area contributed by atoms with Crippen LogP contribution in [0.3, 0.4) is 0 Å².